The summed E-state index contributed by atoms with van der Waals surface area (Å²) in [4.78, 5) is 11.0. The number of piperidine rings is 1. The maximum Gasteiger partial charge on any atom is 0.213 e. The van der Waals surface area contributed by atoms with E-state index in [9.17, 15) is 0 Å². The Morgan fingerprint density at radius 3 is 2.84 bits per heavy atom. The smallest absolute Gasteiger partial charge is 0.213 e. The van der Waals surface area contributed by atoms with Gasteiger partial charge in [0.25, 0.3) is 0 Å². The van der Waals surface area contributed by atoms with E-state index in [2.05, 4.69) is 33.0 Å². The van der Waals surface area contributed by atoms with E-state index < -0.39 is 0 Å². The Morgan fingerprint density at radius 1 is 1.32 bits per heavy atom. The number of nitrogens with zero attached hydrogens (tertiary/aromatic N) is 4. The van der Waals surface area contributed by atoms with Crippen molar-refractivity contribution in [3.63, 3.8) is 0 Å². The second kappa shape index (κ2) is 5.48. The van der Waals surface area contributed by atoms with Gasteiger partial charge in [0, 0.05) is 24.4 Å². The first kappa shape index (κ1) is 12.3. The summed E-state index contributed by atoms with van der Waals surface area (Å²) in [5.41, 5.74) is 2.45. The average Bonchev–Trinajstić information content (AvgIpc) is 2.96. The van der Waals surface area contributed by atoms with Crippen molar-refractivity contribution in [1.29, 1.82) is 0 Å². The van der Waals surface area contributed by atoms with Crippen LogP contribution in [0.2, 0.25) is 0 Å². The molecule has 0 radical (unpaired) electrons. The summed E-state index contributed by atoms with van der Waals surface area (Å²) >= 11 is 0. The molecule has 3 heterocycles. The topological polar surface area (TPSA) is 55.1 Å². The van der Waals surface area contributed by atoms with Crippen LogP contribution >= 0.6 is 0 Å². The fourth-order valence-electron chi connectivity index (χ4n) is 2.63. The van der Waals surface area contributed by atoms with Crippen LogP contribution in [-0.4, -0.2) is 33.1 Å². The number of likely N-dealkylation sites (tertiary alicyclic amines) is 1. The molecule has 0 bridgehead atoms. The van der Waals surface area contributed by atoms with Crippen molar-refractivity contribution in [3.8, 4) is 0 Å². The van der Waals surface area contributed by atoms with E-state index in [1.807, 2.05) is 12.3 Å². The van der Waals surface area contributed by atoms with Crippen LogP contribution in [0.1, 0.15) is 35.8 Å². The van der Waals surface area contributed by atoms with Gasteiger partial charge >= 0.3 is 0 Å². The standard InChI is InChI=1S/C14H18N4O/c1-11-13(3-2-6-15-11)9-18-7-4-12(5-8-18)14-16-10-19-17-14/h2-3,6,10,12H,4-5,7-9H2,1H3. The minimum Gasteiger partial charge on any atom is -0.343 e. The molecule has 0 aliphatic carbocycles. The van der Waals surface area contributed by atoms with Gasteiger partial charge < -0.3 is 4.52 Å². The van der Waals surface area contributed by atoms with E-state index >= 15 is 0 Å². The number of hydrogen-bond acceptors (Lipinski definition) is 5. The third-order valence-corrected chi connectivity index (χ3v) is 3.84. The summed E-state index contributed by atoms with van der Waals surface area (Å²) in [6.07, 6.45) is 5.46. The van der Waals surface area contributed by atoms with Gasteiger partial charge in [0.1, 0.15) is 0 Å². The van der Waals surface area contributed by atoms with Gasteiger partial charge in [-0.2, -0.15) is 4.98 Å². The Labute approximate surface area is 112 Å². The first-order valence-corrected chi connectivity index (χ1v) is 6.72. The molecule has 0 N–H and O–H groups in total. The summed E-state index contributed by atoms with van der Waals surface area (Å²) < 4.78 is 4.82. The number of pyridine rings is 1. The van der Waals surface area contributed by atoms with Gasteiger partial charge in [-0.1, -0.05) is 11.2 Å². The second-order valence-corrected chi connectivity index (χ2v) is 5.09. The number of rotatable bonds is 3. The third kappa shape index (κ3) is 2.81. The van der Waals surface area contributed by atoms with Crippen molar-refractivity contribution in [3.05, 3.63) is 41.8 Å². The molecule has 1 aliphatic rings. The van der Waals surface area contributed by atoms with Crippen molar-refractivity contribution < 1.29 is 4.52 Å². The van der Waals surface area contributed by atoms with Crippen LogP contribution in [-0.2, 0) is 6.54 Å². The minimum absolute atomic E-state index is 0.449. The molecule has 1 aliphatic heterocycles. The monoisotopic (exact) mass is 258 g/mol. The van der Waals surface area contributed by atoms with Crippen LogP contribution in [0.5, 0.6) is 0 Å². The lowest BCUT2D eigenvalue weighted by Crippen LogP contribution is -2.33. The molecule has 0 amide bonds. The molecule has 1 fully saturated rings. The molecular formula is C14H18N4O. The first-order chi connectivity index (χ1) is 9.33. The molecule has 0 aromatic carbocycles. The van der Waals surface area contributed by atoms with Gasteiger partial charge in [0.2, 0.25) is 6.39 Å². The lowest BCUT2D eigenvalue weighted by Gasteiger charge is -2.30. The quantitative estimate of drug-likeness (QED) is 0.844. The zero-order valence-electron chi connectivity index (χ0n) is 11.1. The van der Waals surface area contributed by atoms with Crippen molar-refractivity contribution in [1.82, 2.24) is 20.0 Å². The summed E-state index contributed by atoms with van der Waals surface area (Å²) in [5.74, 6) is 1.31. The van der Waals surface area contributed by atoms with Crippen LogP contribution in [0.25, 0.3) is 0 Å². The Kier molecular flexibility index (Phi) is 3.55. The Hall–Kier alpha value is -1.75. The summed E-state index contributed by atoms with van der Waals surface area (Å²) in [6, 6.07) is 4.17. The molecule has 2 aromatic rings. The summed E-state index contributed by atoms with van der Waals surface area (Å²) in [5, 5.41) is 3.95. The van der Waals surface area contributed by atoms with E-state index in [4.69, 9.17) is 4.52 Å². The van der Waals surface area contributed by atoms with Gasteiger partial charge in [0.15, 0.2) is 5.82 Å². The van der Waals surface area contributed by atoms with E-state index in [0.29, 0.717) is 5.92 Å². The maximum atomic E-state index is 4.82. The Bertz CT molecular complexity index is 518. The molecule has 2 aromatic heterocycles. The lowest BCUT2D eigenvalue weighted by atomic mass is 9.96. The fraction of sp³-hybridized carbons (Fsp3) is 0.500. The predicted octanol–water partition coefficient (Wildman–Crippen LogP) is 2.15. The van der Waals surface area contributed by atoms with Crippen LogP contribution in [0.15, 0.2) is 29.2 Å². The van der Waals surface area contributed by atoms with Crippen LogP contribution in [0.3, 0.4) is 0 Å². The molecule has 1 saturated heterocycles. The van der Waals surface area contributed by atoms with Crippen LogP contribution < -0.4 is 0 Å². The summed E-state index contributed by atoms with van der Waals surface area (Å²) in [7, 11) is 0. The lowest BCUT2D eigenvalue weighted by molar-refractivity contribution is 0.199. The van der Waals surface area contributed by atoms with Gasteiger partial charge in [0.05, 0.1) is 0 Å². The zero-order valence-corrected chi connectivity index (χ0v) is 11.1. The van der Waals surface area contributed by atoms with E-state index in [0.717, 1.165) is 44.0 Å². The average molecular weight is 258 g/mol. The van der Waals surface area contributed by atoms with Gasteiger partial charge in [-0.3, -0.25) is 9.88 Å². The normalized spacial score (nSPS) is 17.7. The molecule has 0 unspecified atom stereocenters. The highest BCUT2D eigenvalue weighted by atomic mass is 16.5. The van der Waals surface area contributed by atoms with Gasteiger partial charge in [-0.05, 0) is 44.5 Å². The van der Waals surface area contributed by atoms with E-state index in [-0.39, 0.29) is 0 Å². The molecular weight excluding hydrogens is 240 g/mol. The number of hydrogen-bond donors (Lipinski definition) is 0. The zero-order chi connectivity index (χ0) is 13.1. The van der Waals surface area contributed by atoms with Crippen molar-refractivity contribution in [2.75, 3.05) is 13.1 Å². The summed E-state index contributed by atoms with van der Waals surface area (Å²) in [6.45, 7) is 5.21. The fourth-order valence-corrected chi connectivity index (χ4v) is 2.63. The molecule has 3 rings (SSSR count). The highest BCUT2D eigenvalue weighted by Crippen LogP contribution is 2.26. The molecule has 19 heavy (non-hydrogen) atoms. The van der Waals surface area contributed by atoms with Gasteiger partial charge in [-0.25, -0.2) is 0 Å². The van der Waals surface area contributed by atoms with E-state index in [1.54, 1.807) is 0 Å². The molecule has 5 heteroatoms. The van der Waals surface area contributed by atoms with Crippen molar-refractivity contribution in [2.45, 2.75) is 32.2 Å². The number of aryl methyl sites for hydroxylation is 1. The SMILES string of the molecule is Cc1ncccc1CN1CCC(c2ncon2)CC1. The molecule has 5 nitrogen and oxygen atoms in total. The molecule has 0 atom stereocenters. The van der Waals surface area contributed by atoms with E-state index in [1.165, 1.54) is 12.0 Å². The van der Waals surface area contributed by atoms with Crippen LogP contribution in [0.4, 0.5) is 0 Å². The largest absolute Gasteiger partial charge is 0.343 e. The van der Waals surface area contributed by atoms with Crippen molar-refractivity contribution in [2.24, 2.45) is 0 Å². The Balaban J connectivity index is 1.57. The minimum atomic E-state index is 0.449. The first-order valence-electron chi connectivity index (χ1n) is 6.72. The van der Waals surface area contributed by atoms with Crippen LogP contribution in [0, 0.1) is 6.92 Å². The van der Waals surface area contributed by atoms with Gasteiger partial charge in [-0.15, -0.1) is 0 Å². The number of aromatic nitrogens is 3. The highest BCUT2D eigenvalue weighted by Gasteiger charge is 2.23. The third-order valence-electron chi connectivity index (χ3n) is 3.84. The molecule has 0 saturated carbocycles. The van der Waals surface area contributed by atoms with Crippen molar-refractivity contribution >= 4 is 0 Å². The highest BCUT2D eigenvalue weighted by molar-refractivity contribution is 5.18. The molecule has 0 spiro atoms. The maximum absolute atomic E-state index is 4.82. The second-order valence-electron chi connectivity index (χ2n) is 5.09. The predicted molar refractivity (Wildman–Crippen MR) is 70.5 cm³/mol. The Morgan fingerprint density at radius 2 is 2.16 bits per heavy atom. The molecule has 100 valence electrons.